The van der Waals surface area contributed by atoms with E-state index in [0.717, 1.165) is 51.4 Å². The van der Waals surface area contributed by atoms with Gasteiger partial charge >= 0.3 is 0 Å². The van der Waals surface area contributed by atoms with E-state index in [2.05, 4.69) is 25.7 Å². The molecule has 0 saturated carbocycles. The van der Waals surface area contributed by atoms with Crippen LogP contribution in [-0.2, 0) is 9.53 Å². The monoisotopic (exact) mass is 428 g/mol. The van der Waals surface area contributed by atoms with Crippen LogP contribution in [0.3, 0.4) is 0 Å². The molecule has 1 atom stereocenters. The summed E-state index contributed by atoms with van der Waals surface area (Å²) < 4.78 is 13.0. The van der Waals surface area contributed by atoms with Crippen LogP contribution in [0.25, 0.3) is 5.69 Å². The molecule has 2 aliphatic rings. The van der Waals surface area contributed by atoms with E-state index in [4.69, 9.17) is 9.47 Å². The highest BCUT2D eigenvalue weighted by molar-refractivity contribution is 5.80. The minimum absolute atomic E-state index is 0.0818. The van der Waals surface area contributed by atoms with Crippen LogP contribution in [0.2, 0.25) is 0 Å². The third kappa shape index (κ3) is 5.80. The second-order valence-electron chi connectivity index (χ2n) is 8.68. The lowest BCUT2D eigenvalue weighted by Gasteiger charge is -2.42. The van der Waals surface area contributed by atoms with Gasteiger partial charge in [0.2, 0.25) is 0 Å². The lowest BCUT2D eigenvalue weighted by Crippen LogP contribution is -2.51. The zero-order chi connectivity index (χ0) is 21.5. The molecule has 168 valence electrons. The minimum atomic E-state index is -0.578. The fourth-order valence-corrected chi connectivity index (χ4v) is 4.42. The number of nitrogens with zero attached hydrogens (tertiary/aromatic N) is 5. The zero-order valence-corrected chi connectivity index (χ0v) is 18.2. The second-order valence-corrected chi connectivity index (χ2v) is 8.68. The van der Waals surface area contributed by atoms with Gasteiger partial charge in [-0.25, -0.2) is 4.68 Å². The molecule has 3 heterocycles. The molecule has 1 aromatic carbocycles. The van der Waals surface area contributed by atoms with Gasteiger partial charge in [0.15, 0.2) is 6.10 Å². The first-order valence-electron chi connectivity index (χ1n) is 11.2. The van der Waals surface area contributed by atoms with Crippen molar-refractivity contribution in [2.45, 2.75) is 45.1 Å². The van der Waals surface area contributed by atoms with Crippen molar-refractivity contribution in [3.05, 3.63) is 30.6 Å². The Morgan fingerprint density at radius 3 is 2.61 bits per heavy atom. The fourth-order valence-electron chi connectivity index (χ4n) is 4.42. The molecule has 2 fully saturated rings. The third-order valence-electron chi connectivity index (χ3n) is 6.33. The molecule has 1 N–H and O–H groups in total. The van der Waals surface area contributed by atoms with Crippen LogP contribution in [0.5, 0.6) is 5.75 Å². The first kappa shape index (κ1) is 21.7. The van der Waals surface area contributed by atoms with E-state index in [0.29, 0.717) is 12.3 Å². The van der Waals surface area contributed by atoms with Gasteiger partial charge in [-0.15, -0.1) is 5.10 Å². The Bertz CT molecular complexity index is 814. The van der Waals surface area contributed by atoms with E-state index < -0.39 is 6.10 Å². The highest BCUT2D eigenvalue weighted by Gasteiger charge is 2.35. The summed E-state index contributed by atoms with van der Waals surface area (Å²) in [7, 11) is 0. The van der Waals surface area contributed by atoms with Gasteiger partial charge in [0.05, 0.1) is 5.69 Å². The highest BCUT2D eigenvalue weighted by atomic mass is 16.5. The molecule has 31 heavy (non-hydrogen) atoms. The summed E-state index contributed by atoms with van der Waals surface area (Å²) in [6, 6.07) is 7.34. The SMILES string of the molecule is CC(Oc1ccc(-n2cnnn2)cc1)C(=O)NCC1(CN2CCCCC2)CCOCC1. The maximum Gasteiger partial charge on any atom is 0.260 e. The Labute approximate surface area is 183 Å². The van der Waals surface area contributed by atoms with E-state index in [1.54, 1.807) is 11.6 Å². The van der Waals surface area contributed by atoms with Crippen molar-refractivity contribution in [1.82, 2.24) is 30.4 Å². The summed E-state index contributed by atoms with van der Waals surface area (Å²) in [6.07, 6.45) is 6.80. The van der Waals surface area contributed by atoms with Crippen molar-refractivity contribution in [2.24, 2.45) is 5.41 Å². The van der Waals surface area contributed by atoms with Crippen LogP contribution in [0.4, 0.5) is 0 Å². The van der Waals surface area contributed by atoms with Crippen molar-refractivity contribution in [1.29, 1.82) is 0 Å². The number of nitrogens with one attached hydrogen (secondary N) is 1. The molecule has 0 radical (unpaired) electrons. The molecular formula is C22H32N6O3. The Balaban J connectivity index is 1.30. The predicted octanol–water partition coefficient (Wildman–Crippen LogP) is 1.83. The van der Waals surface area contributed by atoms with Gasteiger partial charge in [-0.2, -0.15) is 0 Å². The van der Waals surface area contributed by atoms with Gasteiger partial charge in [-0.3, -0.25) is 4.79 Å². The number of ether oxygens (including phenoxy) is 2. The van der Waals surface area contributed by atoms with E-state index in [1.807, 2.05) is 24.3 Å². The van der Waals surface area contributed by atoms with E-state index in [-0.39, 0.29) is 11.3 Å². The Kier molecular flexibility index (Phi) is 7.14. The van der Waals surface area contributed by atoms with Crippen LogP contribution in [0.15, 0.2) is 30.6 Å². The van der Waals surface area contributed by atoms with Crippen LogP contribution in [0, 0.1) is 5.41 Å². The quantitative estimate of drug-likeness (QED) is 0.685. The average molecular weight is 429 g/mol. The van der Waals surface area contributed by atoms with Crippen molar-refractivity contribution >= 4 is 5.91 Å². The summed E-state index contributed by atoms with van der Waals surface area (Å²) in [6.45, 7) is 7.34. The van der Waals surface area contributed by atoms with Gasteiger partial charge < -0.3 is 19.7 Å². The molecule has 2 saturated heterocycles. The molecule has 1 aromatic heterocycles. The number of aromatic nitrogens is 4. The van der Waals surface area contributed by atoms with Gasteiger partial charge in [0.1, 0.15) is 12.1 Å². The number of carbonyl (C=O) groups excluding carboxylic acids is 1. The maximum atomic E-state index is 12.8. The molecule has 0 bridgehead atoms. The number of piperidine rings is 1. The van der Waals surface area contributed by atoms with Crippen molar-refractivity contribution in [3.63, 3.8) is 0 Å². The van der Waals surface area contributed by atoms with Crippen molar-refractivity contribution in [2.75, 3.05) is 39.4 Å². The number of rotatable bonds is 8. The van der Waals surface area contributed by atoms with Crippen LogP contribution in [0.1, 0.15) is 39.0 Å². The van der Waals surface area contributed by atoms with Crippen molar-refractivity contribution in [3.8, 4) is 11.4 Å². The fraction of sp³-hybridized carbons (Fsp3) is 0.636. The lowest BCUT2D eigenvalue weighted by atomic mass is 9.79. The summed E-state index contributed by atoms with van der Waals surface area (Å²) >= 11 is 0. The molecule has 4 rings (SSSR count). The first-order valence-corrected chi connectivity index (χ1v) is 11.2. The number of carbonyl (C=O) groups is 1. The number of tetrazole rings is 1. The zero-order valence-electron chi connectivity index (χ0n) is 18.2. The van der Waals surface area contributed by atoms with E-state index >= 15 is 0 Å². The van der Waals surface area contributed by atoms with Gasteiger partial charge in [0, 0.05) is 31.7 Å². The summed E-state index contributed by atoms with van der Waals surface area (Å²) in [5.74, 6) is 0.544. The Morgan fingerprint density at radius 2 is 1.94 bits per heavy atom. The van der Waals surface area contributed by atoms with Gasteiger partial charge in [-0.05, 0) is 80.4 Å². The number of hydrogen-bond donors (Lipinski definition) is 1. The number of hydrogen-bond acceptors (Lipinski definition) is 7. The average Bonchev–Trinajstić information content (AvgIpc) is 3.34. The molecule has 2 aliphatic heterocycles. The molecular weight excluding hydrogens is 396 g/mol. The molecule has 9 nitrogen and oxygen atoms in total. The Morgan fingerprint density at radius 1 is 1.19 bits per heavy atom. The number of likely N-dealkylation sites (tertiary alicyclic amines) is 1. The molecule has 1 amide bonds. The number of benzene rings is 1. The molecule has 0 aliphatic carbocycles. The topological polar surface area (TPSA) is 94.4 Å². The standard InChI is InChI=1S/C22H32N6O3/c1-18(31-20-7-5-19(6-8-20)28-17-24-25-26-28)21(29)23-15-22(9-13-30-14-10-22)16-27-11-3-2-4-12-27/h5-8,17-18H,2-4,9-16H2,1H3,(H,23,29). The minimum Gasteiger partial charge on any atom is -0.481 e. The van der Waals surface area contributed by atoms with E-state index in [9.17, 15) is 4.79 Å². The van der Waals surface area contributed by atoms with Crippen LogP contribution < -0.4 is 10.1 Å². The highest BCUT2D eigenvalue weighted by Crippen LogP contribution is 2.32. The summed E-state index contributed by atoms with van der Waals surface area (Å²) in [4.78, 5) is 15.3. The van der Waals surface area contributed by atoms with Crippen molar-refractivity contribution < 1.29 is 14.3 Å². The molecule has 0 spiro atoms. The largest absolute Gasteiger partial charge is 0.481 e. The van der Waals surface area contributed by atoms with Crippen LogP contribution in [-0.4, -0.2) is 76.5 Å². The summed E-state index contributed by atoms with van der Waals surface area (Å²) in [5.41, 5.74) is 0.909. The van der Waals surface area contributed by atoms with Gasteiger partial charge in [0.25, 0.3) is 5.91 Å². The molecule has 2 aromatic rings. The lowest BCUT2D eigenvalue weighted by molar-refractivity contribution is -0.128. The normalized spacial score (nSPS) is 20.2. The second kappa shape index (κ2) is 10.2. The van der Waals surface area contributed by atoms with E-state index in [1.165, 1.54) is 25.6 Å². The summed E-state index contributed by atoms with van der Waals surface area (Å²) in [5, 5.41) is 14.3. The molecule has 9 heteroatoms. The number of amides is 1. The predicted molar refractivity (Wildman–Crippen MR) is 115 cm³/mol. The maximum absolute atomic E-state index is 12.8. The smallest absolute Gasteiger partial charge is 0.260 e. The first-order chi connectivity index (χ1) is 15.1. The Hall–Kier alpha value is -2.52. The van der Waals surface area contributed by atoms with Crippen LogP contribution >= 0.6 is 0 Å². The van der Waals surface area contributed by atoms with Gasteiger partial charge in [-0.1, -0.05) is 6.42 Å². The third-order valence-corrected chi connectivity index (χ3v) is 6.33. The molecule has 1 unspecified atom stereocenters.